The van der Waals surface area contributed by atoms with E-state index in [1.54, 1.807) is 23.5 Å². The van der Waals surface area contributed by atoms with Crippen LogP contribution in [-0.4, -0.2) is 0 Å². The van der Waals surface area contributed by atoms with E-state index in [1.807, 2.05) is 31.2 Å². The lowest BCUT2D eigenvalue weighted by molar-refractivity contribution is 0.620. The number of fused-ring (bicyclic) bond motifs is 2. The Kier molecular flexibility index (Phi) is 3.06. The van der Waals surface area contributed by atoms with Crippen molar-refractivity contribution in [2.75, 3.05) is 0 Å². The van der Waals surface area contributed by atoms with Crippen LogP contribution in [0, 0.1) is 6.92 Å². The molecule has 0 fully saturated rings. The Bertz CT molecular complexity index is 1040. The molecular formula is C18H11ClO2S. The minimum Gasteiger partial charge on any atom is -0.455 e. The second kappa shape index (κ2) is 4.97. The zero-order valence-electron chi connectivity index (χ0n) is 11.7. The fraction of sp³-hybridized carbons (Fsp3) is 0.0556. The highest BCUT2D eigenvalue weighted by molar-refractivity contribution is 7.22. The molecule has 4 rings (SSSR count). The molecule has 2 nitrogen and oxygen atoms in total. The molecule has 0 aliphatic rings. The molecule has 2 aromatic carbocycles. The molecule has 0 atom stereocenters. The van der Waals surface area contributed by atoms with Crippen LogP contribution in [0.3, 0.4) is 0 Å². The highest BCUT2D eigenvalue weighted by Crippen LogP contribution is 2.34. The van der Waals surface area contributed by atoms with Gasteiger partial charge in [-0.2, -0.15) is 0 Å². The second-order valence-corrected chi connectivity index (χ2v) is 6.71. The van der Waals surface area contributed by atoms with Crippen LogP contribution in [0.1, 0.15) is 5.56 Å². The normalized spacial score (nSPS) is 11.4. The zero-order valence-corrected chi connectivity index (χ0v) is 13.3. The van der Waals surface area contributed by atoms with Crippen molar-refractivity contribution in [3.05, 3.63) is 69.3 Å². The predicted molar refractivity (Wildman–Crippen MR) is 93.1 cm³/mol. The van der Waals surface area contributed by atoms with E-state index in [1.165, 1.54) is 4.70 Å². The van der Waals surface area contributed by atoms with Gasteiger partial charge in [0.15, 0.2) is 5.43 Å². The van der Waals surface area contributed by atoms with Gasteiger partial charge in [-0.05, 0) is 42.1 Å². The summed E-state index contributed by atoms with van der Waals surface area (Å²) in [5, 5.41) is 2.24. The fourth-order valence-electron chi connectivity index (χ4n) is 2.50. The number of hydrogen-bond donors (Lipinski definition) is 0. The van der Waals surface area contributed by atoms with E-state index >= 15 is 0 Å². The summed E-state index contributed by atoms with van der Waals surface area (Å²) in [6, 6.07) is 15.2. The van der Waals surface area contributed by atoms with Crippen LogP contribution in [0.2, 0.25) is 5.02 Å². The van der Waals surface area contributed by atoms with E-state index in [0.717, 1.165) is 15.8 Å². The molecule has 0 radical (unpaired) electrons. The van der Waals surface area contributed by atoms with E-state index < -0.39 is 0 Å². The summed E-state index contributed by atoms with van der Waals surface area (Å²) in [6.45, 7) is 1.90. The lowest BCUT2D eigenvalue weighted by Gasteiger charge is -2.03. The molecule has 0 amide bonds. The van der Waals surface area contributed by atoms with Gasteiger partial charge < -0.3 is 4.42 Å². The third-order valence-electron chi connectivity index (χ3n) is 3.68. The van der Waals surface area contributed by atoms with E-state index in [9.17, 15) is 4.79 Å². The van der Waals surface area contributed by atoms with Crippen LogP contribution < -0.4 is 5.43 Å². The fourth-order valence-corrected chi connectivity index (χ4v) is 3.68. The van der Waals surface area contributed by atoms with Gasteiger partial charge >= 0.3 is 0 Å². The molecule has 22 heavy (non-hydrogen) atoms. The molecule has 0 spiro atoms. The molecule has 0 aliphatic heterocycles. The molecule has 2 heterocycles. The van der Waals surface area contributed by atoms with Gasteiger partial charge in [-0.1, -0.05) is 29.8 Å². The Morgan fingerprint density at radius 1 is 1.09 bits per heavy atom. The minimum absolute atomic E-state index is 0.0735. The van der Waals surface area contributed by atoms with Crippen molar-refractivity contribution >= 4 is 44.0 Å². The smallest absolute Gasteiger partial charge is 0.193 e. The SMILES string of the molecule is Cc1cc2oc(-c3cc4ccccc4s3)cc(=O)c2cc1Cl. The second-order valence-electron chi connectivity index (χ2n) is 5.22. The highest BCUT2D eigenvalue weighted by Gasteiger charge is 2.11. The molecule has 2 aromatic heterocycles. The molecular weight excluding hydrogens is 316 g/mol. The van der Waals surface area contributed by atoms with Crippen molar-refractivity contribution < 1.29 is 4.42 Å². The van der Waals surface area contributed by atoms with Crippen molar-refractivity contribution in [1.29, 1.82) is 0 Å². The number of halogens is 1. The van der Waals surface area contributed by atoms with Gasteiger partial charge in [0.2, 0.25) is 0 Å². The van der Waals surface area contributed by atoms with E-state index in [-0.39, 0.29) is 5.43 Å². The molecule has 0 aliphatic carbocycles. The molecule has 0 bridgehead atoms. The average molecular weight is 327 g/mol. The summed E-state index contributed by atoms with van der Waals surface area (Å²) >= 11 is 7.71. The summed E-state index contributed by atoms with van der Waals surface area (Å²) < 4.78 is 7.12. The maximum absolute atomic E-state index is 12.3. The van der Waals surface area contributed by atoms with Crippen LogP contribution in [-0.2, 0) is 0 Å². The number of hydrogen-bond acceptors (Lipinski definition) is 3. The van der Waals surface area contributed by atoms with E-state index in [2.05, 4.69) is 12.1 Å². The van der Waals surface area contributed by atoms with Crippen molar-refractivity contribution in [1.82, 2.24) is 0 Å². The molecule has 0 saturated heterocycles. The lowest BCUT2D eigenvalue weighted by Crippen LogP contribution is -2.00. The van der Waals surface area contributed by atoms with Crippen molar-refractivity contribution in [2.24, 2.45) is 0 Å². The largest absolute Gasteiger partial charge is 0.455 e. The van der Waals surface area contributed by atoms with Crippen LogP contribution in [0.4, 0.5) is 0 Å². The van der Waals surface area contributed by atoms with Gasteiger partial charge in [0.05, 0.1) is 10.3 Å². The number of aryl methyl sites for hydroxylation is 1. The molecule has 0 unspecified atom stereocenters. The third-order valence-corrected chi connectivity index (χ3v) is 5.21. The predicted octanol–water partition coefficient (Wildman–Crippen LogP) is 5.64. The van der Waals surface area contributed by atoms with Gasteiger partial charge in [-0.25, -0.2) is 0 Å². The van der Waals surface area contributed by atoms with Crippen molar-refractivity contribution in [2.45, 2.75) is 6.92 Å². The first kappa shape index (κ1) is 13.6. The molecule has 108 valence electrons. The Labute approximate surface area is 135 Å². The monoisotopic (exact) mass is 326 g/mol. The van der Waals surface area contributed by atoms with Crippen molar-refractivity contribution in [3.8, 4) is 10.6 Å². The van der Waals surface area contributed by atoms with Crippen LogP contribution >= 0.6 is 22.9 Å². The topological polar surface area (TPSA) is 30.2 Å². The van der Waals surface area contributed by atoms with Crippen LogP contribution in [0.25, 0.3) is 31.7 Å². The van der Waals surface area contributed by atoms with Gasteiger partial charge in [-0.15, -0.1) is 11.3 Å². The minimum atomic E-state index is -0.0735. The number of thiophene rings is 1. The first-order valence-electron chi connectivity index (χ1n) is 6.85. The summed E-state index contributed by atoms with van der Waals surface area (Å²) in [5.41, 5.74) is 1.39. The number of rotatable bonds is 1. The summed E-state index contributed by atoms with van der Waals surface area (Å²) in [6.07, 6.45) is 0. The highest BCUT2D eigenvalue weighted by atomic mass is 35.5. The maximum Gasteiger partial charge on any atom is 0.193 e. The molecule has 4 heteroatoms. The molecule has 4 aromatic rings. The standard InChI is InChI=1S/C18H11ClO2S/c1-10-6-15-12(8-13(10)19)14(20)9-16(21-15)18-7-11-4-2-3-5-17(11)22-18/h2-9H,1H3. The Morgan fingerprint density at radius 3 is 2.73 bits per heavy atom. The average Bonchev–Trinajstić information content (AvgIpc) is 2.93. The van der Waals surface area contributed by atoms with Gasteiger partial charge in [0.25, 0.3) is 0 Å². The summed E-state index contributed by atoms with van der Waals surface area (Å²) in [5.74, 6) is 0.598. The van der Waals surface area contributed by atoms with Gasteiger partial charge in [0.1, 0.15) is 11.3 Å². The summed E-state index contributed by atoms with van der Waals surface area (Å²) in [4.78, 5) is 13.3. The number of benzene rings is 2. The van der Waals surface area contributed by atoms with Gasteiger partial charge in [0, 0.05) is 15.8 Å². The molecule has 0 saturated carbocycles. The van der Waals surface area contributed by atoms with Gasteiger partial charge in [-0.3, -0.25) is 4.79 Å². The van der Waals surface area contributed by atoms with Crippen molar-refractivity contribution in [3.63, 3.8) is 0 Å². The Morgan fingerprint density at radius 2 is 1.91 bits per heavy atom. The first-order chi connectivity index (χ1) is 10.6. The maximum atomic E-state index is 12.3. The lowest BCUT2D eigenvalue weighted by atomic mass is 10.1. The Hall–Kier alpha value is -2.10. The summed E-state index contributed by atoms with van der Waals surface area (Å²) in [7, 11) is 0. The van der Waals surface area contributed by atoms with Crippen LogP contribution in [0.5, 0.6) is 0 Å². The Balaban J connectivity index is 1.99. The van der Waals surface area contributed by atoms with E-state index in [4.69, 9.17) is 16.0 Å². The zero-order chi connectivity index (χ0) is 15.3. The quantitative estimate of drug-likeness (QED) is 0.453. The van der Waals surface area contributed by atoms with Crippen LogP contribution in [0.15, 0.2) is 57.7 Å². The van der Waals surface area contributed by atoms with E-state index in [0.29, 0.717) is 21.8 Å². The molecule has 0 N–H and O–H groups in total. The third kappa shape index (κ3) is 2.14. The first-order valence-corrected chi connectivity index (χ1v) is 8.04.